The third kappa shape index (κ3) is 2.23. The van der Waals surface area contributed by atoms with Gasteiger partial charge in [-0.2, -0.15) is 0 Å². The van der Waals surface area contributed by atoms with E-state index in [9.17, 15) is 13.2 Å². The van der Waals surface area contributed by atoms with E-state index in [1.54, 1.807) is 0 Å². The average molecular weight is 201 g/mol. The zero-order valence-corrected chi connectivity index (χ0v) is 7.28. The van der Waals surface area contributed by atoms with Crippen LogP contribution < -0.4 is 10.9 Å². The number of aromatic nitrogens is 1. The van der Waals surface area contributed by atoms with Crippen molar-refractivity contribution in [1.82, 2.24) is 4.98 Å². The molecule has 1 amide bonds. The van der Waals surface area contributed by atoms with E-state index in [2.05, 4.69) is 4.98 Å². The minimum atomic E-state index is -3.81. The van der Waals surface area contributed by atoms with Gasteiger partial charge in [-0.3, -0.25) is 9.78 Å². The van der Waals surface area contributed by atoms with Crippen molar-refractivity contribution in [3.63, 3.8) is 0 Å². The topological polar surface area (TPSA) is 116 Å². The SMILES string of the molecule is NC(=O)c1cc(S(N)(=O)=O)ccn1. The summed E-state index contributed by atoms with van der Waals surface area (Å²) in [6.45, 7) is 0. The lowest BCUT2D eigenvalue weighted by molar-refractivity contribution is 0.0995. The number of amides is 1. The normalized spacial score (nSPS) is 11.2. The maximum absolute atomic E-state index is 10.8. The Balaban J connectivity index is 3.29. The van der Waals surface area contributed by atoms with E-state index < -0.39 is 15.9 Å². The number of nitrogens with zero attached hydrogens (tertiary/aromatic N) is 1. The Morgan fingerprint density at radius 1 is 1.46 bits per heavy atom. The average Bonchev–Trinajstić information content (AvgIpc) is 2.03. The van der Waals surface area contributed by atoms with Crippen molar-refractivity contribution in [3.05, 3.63) is 24.0 Å². The van der Waals surface area contributed by atoms with E-state index in [4.69, 9.17) is 10.9 Å². The van der Waals surface area contributed by atoms with Crippen LogP contribution in [0.4, 0.5) is 0 Å². The van der Waals surface area contributed by atoms with Gasteiger partial charge in [-0.1, -0.05) is 0 Å². The fourth-order valence-electron chi connectivity index (χ4n) is 0.723. The van der Waals surface area contributed by atoms with Crippen molar-refractivity contribution in [2.24, 2.45) is 10.9 Å². The fraction of sp³-hybridized carbons (Fsp3) is 0. The lowest BCUT2D eigenvalue weighted by Gasteiger charge is -1.98. The van der Waals surface area contributed by atoms with Gasteiger partial charge in [0.15, 0.2) is 0 Å². The molecular weight excluding hydrogens is 194 g/mol. The van der Waals surface area contributed by atoms with Gasteiger partial charge >= 0.3 is 0 Å². The molecule has 0 bridgehead atoms. The molecule has 70 valence electrons. The number of primary sulfonamides is 1. The Labute approximate surface area is 74.6 Å². The van der Waals surface area contributed by atoms with Crippen LogP contribution >= 0.6 is 0 Å². The van der Waals surface area contributed by atoms with Gasteiger partial charge in [-0.05, 0) is 12.1 Å². The second-order valence-electron chi connectivity index (χ2n) is 2.29. The first-order valence-electron chi connectivity index (χ1n) is 3.20. The van der Waals surface area contributed by atoms with Crippen molar-refractivity contribution in [2.45, 2.75) is 4.90 Å². The molecule has 0 spiro atoms. The van der Waals surface area contributed by atoms with E-state index in [1.807, 2.05) is 0 Å². The van der Waals surface area contributed by atoms with Crippen molar-refractivity contribution in [3.8, 4) is 0 Å². The highest BCUT2D eigenvalue weighted by molar-refractivity contribution is 7.89. The summed E-state index contributed by atoms with van der Waals surface area (Å²) >= 11 is 0. The predicted octanol–water partition coefficient (Wildman–Crippen LogP) is -1.17. The molecule has 0 aliphatic carbocycles. The number of hydrogen-bond acceptors (Lipinski definition) is 4. The van der Waals surface area contributed by atoms with Gasteiger partial charge in [0.25, 0.3) is 5.91 Å². The fourth-order valence-corrected chi connectivity index (χ4v) is 1.25. The monoisotopic (exact) mass is 201 g/mol. The molecule has 1 aromatic rings. The lowest BCUT2D eigenvalue weighted by Crippen LogP contribution is -2.16. The molecule has 0 aromatic carbocycles. The van der Waals surface area contributed by atoms with Crippen LogP contribution in [0.1, 0.15) is 10.5 Å². The maximum atomic E-state index is 10.8. The number of rotatable bonds is 2. The molecule has 0 saturated carbocycles. The van der Waals surface area contributed by atoms with Crippen LogP contribution in [0.3, 0.4) is 0 Å². The van der Waals surface area contributed by atoms with Gasteiger partial charge < -0.3 is 5.73 Å². The quantitative estimate of drug-likeness (QED) is 0.626. The molecule has 0 saturated heterocycles. The summed E-state index contributed by atoms with van der Waals surface area (Å²) in [7, 11) is -3.81. The summed E-state index contributed by atoms with van der Waals surface area (Å²) in [6.07, 6.45) is 1.15. The number of pyridine rings is 1. The van der Waals surface area contributed by atoms with Crippen molar-refractivity contribution >= 4 is 15.9 Å². The predicted molar refractivity (Wildman–Crippen MR) is 44.1 cm³/mol. The molecule has 1 aromatic heterocycles. The Bertz CT molecular complexity index is 440. The summed E-state index contributed by atoms with van der Waals surface area (Å²) in [4.78, 5) is 14.0. The minimum Gasteiger partial charge on any atom is -0.364 e. The number of primary amides is 1. The first-order valence-corrected chi connectivity index (χ1v) is 4.74. The van der Waals surface area contributed by atoms with Crippen molar-refractivity contribution < 1.29 is 13.2 Å². The molecule has 7 heteroatoms. The molecular formula is C6H7N3O3S. The van der Waals surface area contributed by atoms with E-state index in [0.29, 0.717) is 0 Å². The van der Waals surface area contributed by atoms with Crippen molar-refractivity contribution in [1.29, 1.82) is 0 Å². The van der Waals surface area contributed by atoms with Crippen LogP contribution in [-0.2, 0) is 10.0 Å². The highest BCUT2D eigenvalue weighted by Gasteiger charge is 2.10. The molecule has 0 aliphatic rings. The smallest absolute Gasteiger partial charge is 0.267 e. The number of sulfonamides is 1. The number of nitrogens with two attached hydrogens (primary N) is 2. The van der Waals surface area contributed by atoms with E-state index in [1.165, 1.54) is 6.07 Å². The van der Waals surface area contributed by atoms with Gasteiger partial charge in [0.1, 0.15) is 5.69 Å². The van der Waals surface area contributed by atoms with E-state index >= 15 is 0 Å². The van der Waals surface area contributed by atoms with Crippen LogP contribution in [0.2, 0.25) is 0 Å². The van der Waals surface area contributed by atoms with Gasteiger partial charge in [-0.15, -0.1) is 0 Å². The Kier molecular flexibility index (Phi) is 2.30. The van der Waals surface area contributed by atoms with E-state index in [0.717, 1.165) is 12.3 Å². The molecule has 1 rings (SSSR count). The zero-order valence-electron chi connectivity index (χ0n) is 6.47. The molecule has 0 atom stereocenters. The summed E-state index contributed by atoms with van der Waals surface area (Å²) < 4.78 is 21.6. The lowest BCUT2D eigenvalue weighted by atomic mass is 10.3. The van der Waals surface area contributed by atoms with Crippen LogP contribution in [0, 0.1) is 0 Å². The molecule has 0 fully saturated rings. The van der Waals surface area contributed by atoms with Gasteiger partial charge in [0, 0.05) is 6.20 Å². The first kappa shape index (κ1) is 9.62. The third-order valence-corrected chi connectivity index (χ3v) is 2.22. The number of carbonyl (C=O) groups is 1. The highest BCUT2D eigenvalue weighted by Crippen LogP contribution is 2.06. The van der Waals surface area contributed by atoms with Crippen LogP contribution in [-0.4, -0.2) is 19.3 Å². The minimum absolute atomic E-state index is 0.133. The summed E-state index contributed by atoms with van der Waals surface area (Å²) in [5.41, 5.74) is 4.76. The molecule has 13 heavy (non-hydrogen) atoms. The first-order chi connectivity index (χ1) is 5.91. The molecule has 0 unspecified atom stereocenters. The standard InChI is InChI=1S/C6H7N3O3S/c7-6(10)5-3-4(1-2-9-5)13(8,11)12/h1-3H,(H2,7,10)(H2,8,11,12). The Hall–Kier alpha value is -1.47. The second kappa shape index (κ2) is 3.11. The van der Waals surface area contributed by atoms with Gasteiger partial charge in [0.2, 0.25) is 10.0 Å². The van der Waals surface area contributed by atoms with Gasteiger partial charge in [-0.25, -0.2) is 13.6 Å². The molecule has 0 radical (unpaired) electrons. The summed E-state index contributed by atoms with van der Waals surface area (Å²) in [6, 6.07) is 2.21. The van der Waals surface area contributed by atoms with E-state index in [-0.39, 0.29) is 10.6 Å². The van der Waals surface area contributed by atoms with Crippen molar-refractivity contribution in [2.75, 3.05) is 0 Å². The van der Waals surface area contributed by atoms with Crippen LogP contribution in [0.25, 0.3) is 0 Å². The largest absolute Gasteiger partial charge is 0.364 e. The van der Waals surface area contributed by atoms with Crippen LogP contribution in [0.15, 0.2) is 23.2 Å². The maximum Gasteiger partial charge on any atom is 0.267 e. The number of carbonyl (C=O) groups excluding carboxylic acids is 1. The molecule has 0 aliphatic heterocycles. The van der Waals surface area contributed by atoms with Crippen LogP contribution in [0.5, 0.6) is 0 Å². The number of hydrogen-bond donors (Lipinski definition) is 2. The molecule has 6 nitrogen and oxygen atoms in total. The third-order valence-electron chi connectivity index (χ3n) is 1.31. The van der Waals surface area contributed by atoms with Gasteiger partial charge in [0.05, 0.1) is 4.90 Å². The molecule has 4 N–H and O–H groups in total. The highest BCUT2D eigenvalue weighted by atomic mass is 32.2. The summed E-state index contributed by atoms with van der Waals surface area (Å²) in [5, 5.41) is 4.82. The summed E-state index contributed by atoms with van der Waals surface area (Å²) in [5.74, 6) is -0.800. The Morgan fingerprint density at radius 3 is 2.54 bits per heavy atom. The Morgan fingerprint density at radius 2 is 2.08 bits per heavy atom. The zero-order chi connectivity index (χ0) is 10.1. The second-order valence-corrected chi connectivity index (χ2v) is 3.85. The molecule has 1 heterocycles.